The fourth-order valence-corrected chi connectivity index (χ4v) is 2.31. The monoisotopic (exact) mass is 258 g/mol. The fraction of sp³-hybridized carbons (Fsp3) is 0.417. The van der Waals surface area contributed by atoms with Gasteiger partial charge in [0.1, 0.15) is 5.60 Å². The molecule has 0 bridgehead atoms. The first-order valence-corrected chi connectivity index (χ1v) is 5.90. The second kappa shape index (κ2) is 4.36. The predicted octanol–water partition coefficient (Wildman–Crippen LogP) is 3.75. The van der Waals surface area contributed by atoms with E-state index >= 15 is 0 Å². The molecule has 0 radical (unpaired) electrons. The quantitative estimate of drug-likeness (QED) is 0.773. The Labute approximate surface area is 104 Å². The van der Waals surface area contributed by atoms with Crippen molar-refractivity contribution in [3.8, 4) is 0 Å². The molecule has 0 unspecified atom stereocenters. The molecule has 86 valence electrons. The highest BCUT2D eigenvalue weighted by atomic mass is 35.5. The molecule has 0 saturated heterocycles. The number of ether oxygens (including phenoxy) is 1. The summed E-state index contributed by atoms with van der Waals surface area (Å²) in [7, 11) is 1.56. The Morgan fingerprint density at radius 3 is 2.56 bits per heavy atom. The summed E-state index contributed by atoms with van der Waals surface area (Å²) in [6.45, 7) is 0. The van der Waals surface area contributed by atoms with Crippen molar-refractivity contribution in [2.24, 2.45) is 0 Å². The lowest BCUT2D eigenvalue weighted by Gasteiger charge is -2.39. The first-order valence-electron chi connectivity index (χ1n) is 5.14. The van der Waals surface area contributed by atoms with Crippen molar-refractivity contribution in [3.63, 3.8) is 0 Å². The van der Waals surface area contributed by atoms with Crippen molar-refractivity contribution < 1.29 is 9.53 Å². The number of carbonyl (C=O) groups excluding carboxylic acids is 1. The van der Waals surface area contributed by atoms with Crippen molar-refractivity contribution in [1.82, 2.24) is 0 Å². The van der Waals surface area contributed by atoms with Gasteiger partial charge in [-0.05, 0) is 37.5 Å². The lowest BCUT2D eigenvalue weighted by atomic mass is 9.75. The van der Waals surface area contributed by atoms with Crippen LogP contribution in [-0.2, 0) is 4.74 Å². The van der Waals surface area contributed by atoms with E-state index in [9.17, 15) is 4.79 Å². The minimum atomic E-state index is -0.672. The lowest BCUT2D eigenvalue weighted by Crippen LogP contribution is -2.47. The van der Waals surface area contributed by atoms with Crippen LogP contribution in [0.15, 0.2) is 18.2 Å². The molecule has 0 atom stereocenters. The summed E-state index contributed by atoms with van der Waals surface area (Å²) in [4.78, 5) is 12.3. The maximum Gasteiger partial charge on any atom is 0.196 e. The molecule has 1 aliphatic carbocycles. The molecule has 0 spiro atoms. The van der Waals surface area contributed by atoms with E-state index in [2.05, 4.69) is 0 Å². The molecule has 1 fully saturated rings. The summed E-state index contributed by atoms with van der Waals surface area (Å²) in [6, 6.07) is 4.91. The summed E-state index contributed by atoms with van der Waals surface area (Å²) in [6.07, 6.45) is 2.52. The van der Waals surface area contributed by atoms with E-state index in [-0.39, 0.29) is 5.78 Å². The number of benzene rings is 1. The topological polar surface area (TPSA) is 26.3 Å². The van der Waals surface area contributed by atoms with Crippen molar-refractivity contribution >= 4 is 29.0 Å². The Morgan fingerprint density at radius 1 is 1.38 bits per heavy atom. The molecular weight excluding hydrogens is 247 g/mol. The molecule has 2 rings (SSSR count). The molecular formula is C12H12Cl2O2. The number of Topliss-reactive ketones (excluding diaryl/α,β-unsaturated/α-hetero) is 1. The number of carbonyl (C=O) groups is 1. The Bertz CT molecular complexity index is 420. The second-order valence-electron chi connectivity index (χ2n) is 4.01. The Balaban J connectivity index is 2.37. The van der Waals surface area contributed by atoms with Crippen molar-refractivity contribution in [1.29, 1.82) is 0 Å². The third-order valence-corrected chi connectivity index (χ3v) is 3.70. The highest BCUT2D eigenvalue weighted by Gasteiger charge is 2.45. The molecule has 1 saturated carbocycles. The van der Waals surface area contributed by atoms with Gasteiger partial charge in [-0.3, -0.25) is 4.79 Å². The van der Waals surface area contributed by atoms with E-state index < -0.39 is 5.60 Å². The average molecular weight is 259 g/mol. The standard InChI is InChI=1S/C12H12Cl2O2/c1-16-12(5-2-6-12)11(15)9-7-8(13)3-4-10(9)14/h3-4,7H,2,5-6H2,1H3. The van der Waals surface area contributed by atoms with E-state index in [0.717, 1.165) is 19.3 Å². The minimum Gasteiger partial charge on any atom is -0.370 e. The van der Waals surface area contributed by atoms with Gasteiger partial charge in [0.2, 0.25) is 0 Å². The van der Waals surface area contributed by atoms with E-state index in [1.807, 2.05) is 0 Å². The number of hydrogen-bond acceptors (Lipinski definition) is 2. The zero-order valence-electron chi connectivity index (χ0n) is 8.93. The fourth-order valence-electron chi connectivity index (χ4n) is 1.94. The van der Waals surface area contributed by atoms with E-state index in [1.165, 1.54) is 0 Å². The van der Waals surface area contributed by atoms with Gasteiger partial charge >= 0.3 is 0 Å². The van der Waals surface area contributed by atoms with Crippen LogP contribution in [0.2, 0.25) is 10.0 Å². The zero-order chi connectivity index (χ0) is 11.8. The van der Waals surface area contributed by atoms with Gasteiger partial charge < -0.3 is 4.74 Å². The van der Waals surface area contributed by atoms with Crippen LogP contribution in [-0.4, -0.2) is 18.5 Å². The summed E-state index contributed by atoms with van der Waals surface area (Å²) in [5.74, 6) is -0.0613. The number of methoxy groups -OCH3 is 1. The van der Waals surface area contributed by atoms with Gasteiger partial charge in [0, 0.05) is 17.7 Å². The van der Waals surface area contributed by atoms with Gasteiger partial charge in [-0.15, -0.1) is 0 Å². The van der Waals surface area contributed by atoms with Crippen LogP contribution in [0.4, 0.5) is 0 Å². The maximum absolute atomic E-state index is 12.3. The number of ketones is 1. The minimum absolute atomic E-state index is 0.0613. The van der Waals surface area contributed by atoms with Gasteiger partial charge in [0.15, 0.2) is 5.78 Å². The molecule has 4 heteroatoms. The van der Waals surface area contributed by atoms with Crippen LogP contribution in [0.3, 0.4) is 0 Å². The normalized spacial score (nSPS) is 17.9. The summed E-state index contributed by atoms with van der Waals surface area (Å²) in [5, 5.41) is 0.941. The molecule has 0 amide bonds. The molecule has 1 aromatic carbocycles. The number of hydrogen-bond donors (Lipinski definition) is 0. The van der Waals surface area contributed by atoms with Gasteiger partial charge in [0.25, 0.3) is 0 Å². The third kappa shape index (κ3) is 1.86. The molecule has 1 aromatic rings. The summed E-state index contributed by atoms with van der Waals surface area (Å²) in [5.41, 5.74) is -0.218. The maximum atomic E-state index is 12.3. The second-order valence-corrected chi connectivity index (χ2v) is 4.85. The highest BCUT2D eigenvalue weighted by molar-refractivity contribution is 6.36. The smallest absolute Gasteiger partial charge is 0.196 e. The first kappa shape index (κ1) is 11.9. The molecule has 2 nitrogen and oxygen atoms in total. The summed E-state index contributed by atoms with van der Waals surface area (Å²) >= 11 is 11.9. The molecule has 16 heavy (non-hydrogen) atoms. The van der Waals surface area contributed by atoms with Gasteiger partial charge in [-0.1, -0.05) is 23.2 Å². The van der Waals surface area contributed by atoms with Crippen LogP contribution < -0.4 is 0 Å². The first-order chi connectivity index (χ1) is 7.59. The average Bonchev–Trinajstić information content (AvgIpc) is 2.21. The Hall–Kier alpha value is -0.570. The van der Waals surface area contributed by atoms with E-state index in [0.29, 0.717) is 15.6 Å². The van der Waals surface area contributed by atoms with Crippen LogP contribution in [0.1, 0.15) is 29.6 Å². The van der Waals surface area contributed by atoms with Gasteiger partial charge in [0.05, 0.1) is 5.02 Å². The van der Waals surface area contributed by atoms with E-state index in [1.54, 1.807) is 25.3 Å². The highest BCUT2D eigenvalue weighted by Crippen LogP contribution is 2.39. The van der Waals surface area contributed by atoms with Crippen LogP contribution in [0, 0.1) is 0 Å². The Kier molecular flexibility index (Phi) is 3.24. The largest absolute Gasteiger partial charge is 0.370 e. The van der Waals surface area contributed by atoms with Gasteiger partial charge in [-0.25, -0.2) is 0 Å². The van der Waals surface area contributed by atoms with Crippen LogP contribution >= 0.6 is 23.2 Å². The molecule has 0 aromatic heterocycles. The van der Waals surface area contributed by atoms with Crippen molar-refractivity contribution in [3.05, 3.63) is 33.8 Å². The van der Waals surface area contributed by atoms with Crippen LogP contribution in [0.5, 0.6) is 0 Å². The van der Waals surface area contributed by atoms with Crippen LogP contribution in [0.25, 0.3) is 0 Å². The van der Waals surface area contributed by atoms with Crippen molar-refractivity contribution in [2.45, 2.75) is 24.9 Å². The van der Waals surface area contributed by atoms with E-state index in [4.69, 9.17) is 27.9 Å². The Morgan fingerprint density at radius 2 is 2.06 bits per heavy atom. The molecule has 0 heterocycles. The SMILES string of the molecule is COC1(C(=O)c2cc(Cl)ccc2Cl)CCC1. The molecule has 0 aliphatic heterocycles. The molecule has 1 aliphatic rings. The zero-order valence-corrected chi connectivity index (χ0v) is 10.4. The number of rotatable bonds is 3. The van der Waals surface area contributed by atoms with Crippen molar-refractivity contribution in [2.75, 3.05) is 7.11 Å². The third-order valence-electron chi connectivity index (χ3n) is 3.14. The number of halogens is 2. The summed E-state index contributed by atoms with van der Waals surface area (Å²) < 4.78 is 5.33. The molecule has 0 N–H and O–H groups in total. The van der Waals surface area contributed by atoms with Gasteiger partial charge in [-0.2, -0.15) is 0 Å². The predicted molar refractivity (Wildman–Crippen MR) is 64.4 cm³/mol. The lowest BCUT2D eigenvalue weighted by molar-refractivity contribution is -0.0448.